The molecule has 1 unspecified atom stereocenters. The molecule has 25 heavy (non-hydrogen) atoms. The van der Waals surface area contributed by atoms with Crippen LogP contribution >= 0.6 is 11.3 Å². The fourth-order valence-corrected chi connectivity index (χ4v) is 3.18. The number of hydrogen-bond acceptors (Lipinski definition) is 6. The van der Waals surface area contributed by atoms with Gasteiger partial charge in [-0.15, -0.1) is 11.3 Å². The van der Waals surface area contributed by atoms with E-state index in [0.29, 0.717) is 37.1 Å². The molecule has 2 amide bonds. The Hall–Kier alpha value is -2.45. The lowest BCUT2D eigenvalue weighted by atomic mass is 10.2. The summed E-state index contributed by atoms with van der Waals surface area (Å²) in [6.07, 6.45) is 0. The first-order valence-corrected chi connectivity index (χ1v) is 8.96. The van der Waals surface area contributed by atoms with Crippen molar-refractivity contribution in [1.82, 2.24) is 15.2 Å². The molecule has 0 spiro atoms. The van der Waals surface area contributed by atoms with Crippen molar-refractivity contribution >= 4 is 34.0 Å². The van der Waals surface area contributed by atoms with Gasteiger partial charge in [0, 0.05) is 24.2 Å². The Balaban J connectivity index is 1.56. The van der Waals surface area contributed by atoms with Crippen LogP contribution in [0.25, 0.3) is 0 Å². The minimum absolute atomic E-state index is 0.102. The molecule has 8 heteroatoms. The fraction of sp³-hybridized carbons (Fsp3) is 0.353. The number of carbonyl (C=O) groups is 2. The van der Waals surface area contributed by atoms with Crippen molar-refractivity contribution in [2.24, 2.45) is 0 Å². The van der Waals surface area contributed by atoms with E-state index in [2.05, 4.69) is 15.6 Å². The van der Waals surface area contributed by atoms with Gasteiger partial charge in [0.05, 0.1) is 13.2 Å². The van der Waals surface area contributed by atoms with Crippen LogP contribution in [0.5, 0.6) is 0 Å². The van der Waals surface area contributed by atoms with Gasteiger partial charge in [-0.05, 0) is 19.1 Å². The molecule has 1 aromatic heterocycles. The third-order valence-electron chi connectivity index (χ3n) is 3.80. The molecule has 1 aliphatic rings. The normalized spacial score (nSPS) is 15.5. The zero-order valence-corrected chi connectivity index (χ0v) is 14.7. The predicted molar refractivity (Wildman–Crippen MR) is 96.2 cm³/mol. The summed E-state index contributed by atoms with van der Waals surface area (Å²) < 4.78 is 5.23. The van der Waals surface area contributed by atoms with Gasteiger partial charge in [0.25, 0.3) is 5.91 Å². The summed E-state index contributed by atoms with van der Waals surface area (Å²) in [5.74, 6) is -0.457. The first-order valence-electron chi connectivity index (χ1n) is 8.08. The average Bonchev–Trinajstić information content (AvgIpc) is 3.11. The zero-order chi connectivity index (χ0) is 17.6. The highest BCUT2D eigenvalue weighted by molar-refractivity contribution is 7.14. The van der Waals surface area contributed by atoms with Crippen LogP contribution in [0.3, 0.4) is 0 Å². The summed E-state index contributed by atoms with van der Waals surface area (Å²) in [5.41, 5.74) is 1.20. The summed E-state index contributed by atoms with van der Waals surface area (Å²) in [6.45, 7) is 3.87. The first kappa shape index (κ1) is 17.4. The summed E-state index contributed by atoms with van der Waals surface area (Å²) in [7, 11) is 0. The third-order valence-corrected chi connectivity index (χ3v) is 4.56. The Labute approximate surface area is 150 Å². The summed E-state index contributed by atoms with van der Waals surface area (Å²) in [4.78, 5) is 30.6. The molecule has 1 aromatic carbocycles. The molecule has 132 valence electrons. The molecule has 3 rings (SSSR count). The zero-order valence-electron chi connectivity index (χ0n) is 13.9. The Bertz CT molecular complexity index is 729. The molecule has 0 radical (unpaired) electrons. The summed E-state index contributed by atoms with van der Waals surface area (Å²) >= 11 is 1.34. The minimum Gasteiger partial charge on any atom is -0.378 e. The van der Waals surface area contributed by atoms with Gasteiger partial charge in [-0.2, -0.15) is 0 Å². The minimum atomic E-state index is -0.599. The number of carbonyl (C=O) groups excluding carboxylic acids is 2. The van der Waals surface area contributed by atoms with Gasteiger partial charge in [0.2, 0.25) is 5.91 Å². The highest BCUT2D eigenvalue weighted by Crippen LogP contribution is 2.20. The van der Waals surface area contributed by atoms with Gasteiger partial charge in [0.1, 0.15) is 11.7 Å². The van der Waals surface area contributed by atoms with E-state index in [-0.39, 0.29) is 11.8 Å². The molecule has 7 nitrogen and oxygen atoms in total. The average molecular weight is 360 g/mol. The SMILES string of the molecule is CC(NC(=O)c1csc(Nc2ccccc2)n1)C(=O)N1CCOCC1. The highest BCUT2D eigenvalue weighted by atomic mass is 32.1. The first-order chi connectivity index (χ1) is 12.1. The van der Waals surface area contributed by atoms with E-state index < -0.39 is 6.04 Å². The topological polar surface area (TPSA) is 83.6 Å². The lowest BCUT2D eigenvalue weighted by Crippen LogP contribution is -2.50. The molecule has 2 N–H and O–H groups in total. The number of amides is 2. The molecule has 0 saturated carbocycles. The number of hydrogen-bond donors (Lipinski definition) is 2. The number of benzene rings is 1. The predicted octanol–water partition coefficient (Wildman–Crippen LogP) is 1.86. The second kappa shape index (κ2) is 8.09. The van der Waals surface area contributed by atoms with E-state index in [1.165, 1.54) is 11.3 Å². The van der Waals surface area contributed by atoms with E-state index in [9.17, 15) is 9.59 Å². The number of morpholine rings is 1. The van der Waals surface area contributed by atoms with Gasteiger partial charge in [-0.1, -0.05) is 18.2 Å². The molecule has 2 aromatic rings. The number of aromatic nitrogens is 1. The van der Waals surface area contributed by atoms with Crippen molar-refractivity contribution in [3.05, 3.63) is 41.4 Å². The lowest BCUT2D eigenvalue weighted by molar-refractivity contribution is -0.136. The van der Waals surface area contributed by atoms with Crippen LogP contribution in [0.15, 0.2) is 35.7 Å². The van der Waals surface area contributed by atoms with E-state index in [4.69, 9.17) is 4.74 Å². The van der Waals surface area contributed by atoms with Crippen LogP contribution in [-0.2, 0) is 9.53 Å². The van der Waals surface area contributed by atoms with Crippen LogP contribution in [0.2, 0.25) is 0 Å². The van der Waals surface area contributed by atoms with Gasteiger partial charge >= 0.3 is 0 Å². The molecular weight excluding hydrogens is 340 g/mol. The fourth-order valence-electron chi connectivity index (χ4n) is 2.47. The molecular formula is C17H20N4O3S. The van der Waals surface area contributed by atoms with E-state index in [0.717, 1.165) is 5.69 Å². The number of nitrogens with one attached hydrogen (secondary N) is 2. The second-order valence-corrected chi connectivity index (χ2v) is 6.52. The van der Waals surface area contributed by atoms with Crippen molar-refractivity contribution in [3.8, 4) is 0 Å². The largest absolute Gasteiger partial charge is 0.378 e. The third kappa shape index (κ3) is 4.55. The van der Waals surface area contributed by atoms with Crippen molar-refractivity contribution in [1.29, 1.82) is 0 Å². The van der Waals surface area contributed by atoms with Gasteiger partial charge in [-0.3, -0.25) is 9.59 Å². The van der Waals surface area contributed by atoms with Crippen molar-refractivity contribution in [2.75, 3.05) is 31.6 Å². The van der Waals surface area contributed by atoms with Crippen molar-refractivity contribution in [3.63, 3.8) is 0 Å². The molecule has 0 aliphatic carbocycles. The highest BCUT2D eigenvalue weighted by Gasteiger charge is 2.24. The van der Waals surface area contributed by atoms with Crippen molar-refractivity contribution in [2.45, 2.75) is 13.0 Å². The number of ether oxygens (including phenoxy) is 1. The maximum absolute atomic E-state index is 12.3. The summed E-state index contributed by atoms with van der Waals surface area (Å²) in [6, 6.07) is 9.01. The maximum Gasteiger partial charge on any atom is 0.271 e. The molecule has 0 bridgehead atoms. The molecule has 1 atom stereocenters. The Morgan fingerprint density at radius 1 is 1.24 bits per heavy atom. The van der Waals surface area contributed by atoms with E-state index in [1.807, 2.05) is 30.3 Å². The number of para-hydroxylation sites is 1. The Morgan fingerprint density at radius 3 is 2.68 bits per heavy atom. The van der Waals surface area contributed by atoms with E-state index >= 15 is 0 Å². The quantitative estimate of drug-likeness (QED) is 0.850. The standard InChI is InChI=1S/C17H20N4O3S/c1-12(16(23)21-7-9-24-10-8-21)18-15(22)14-11-25-17(20-14)19-13-5-3-2-4-6-13/h2-6,11-12H,7-10H2,1H3,(H,18,22)(H,19,20). The smallest absolute Gasteiger partial charge is 0.271 e. The van der Waals surface area contributed by atoms with Crippen molar-refractivity contribution < 1.29 is 14.3 Å². The van der Waals surface area contributed by atoms with Crippen LogP contribution in [-0.4, -0.2) is 54.0 Å². The molecule has 2 heterocycles. The van der Waals surface area contributed by atoms with E-state index in [1.54, 1.807) is 17.2 Å². The van der Waals surface area contributed by atoms with Crippen LogP contribution in [0.1, 0.15) is 17.4 Å². The van der Waals surface area contributed by atoms with Gasteiger partial charge in [-0.25, -0.2) is 4.98 Å². The number of anilines is 2. The molecule has 1 saturated heterocycles. The van der Waals surface area contributed by atoms with Crippen LogP contribution in [0, 0.1) is 0 Å². The second-order valence-electron chi connectivity index (χ2n) is 5.66. The lowest BCUT2D eigenvalue weighted by Gasteiger charge is -2.29. The maximum atomic E-state index is 12.3. The van der Waals surface area contributed by atoms with Gasteiger partial charge in [0.15, 0.2) is 5.13 Å². The molecule has 1 fully saturated rings. The number of nitrogens with zero attached hydrogens (tertiary/aromatic N) is 2. The van der Waals surface area contributed by atoms with Crippen LogP contribution in [0.4, 0.5) is 10.8 Å². The Kier molecular flexibility index (Phi) is 5.62. The number of rotatable bonds is 5. The molecule has 1 aliphatic heterocycles. The van der Waals surface area contributed by atoms with Crippen LogP contribution < -0.4 is 10.6 Å². The Morgan fingerprint density at radius 2 is 1.96 bits per heavy atom. The monoisotopic (exact) mass is 360 g/mol. The summed E-state index contributed by atoms with van der Waals surface area (Å²) in [5, 5.41) is 8.16. The number of thiazole rings is 1. The van der Waals surface area contributed by atoms with Gasteiger partial charge < -0.3 is 20.3 Å².